The number of hydrogen-bond acceptors (Lipinski definition) is 1. The number of aliphatic hydroxyl groups excluding tert-OH is 1. The molecule has 0 saturated heterocycles. The molecule has 23 heavy (non-hydrogen) atoms. The van der Waals surface area contributed by atoms with Gasteiger partial charge in [-0.2, -0.15) is 0 Å². The standard InChI is InChI=1S/C22H36O/c1-19(2)17-8-7-16-15(21(17,4)14-10-18(19)23)9-13-20(3)11-6-12-22(16,20)5/h17-18,23H,6-14H2,1-5H3/t17?,18-,20-,21+,22-/m0/s1. The molecule has 4 aliphatic carbocycles. The van der Waals surface area contributed by atoms with E-state index in [0.29, 0.717) is 22.2 Å². The summed E-state index contributed by atoms with van der Waals surface area (Å²) in [5.74, 6) is 0.659. The third-order valence-corrected chi connectivity index (χ3v) is 9.53. The summed E-state index contributed by atoms with van der Waals surface area (Å²) < 4.78 is 0. The molecule has 1 unspecified atom stereocenters. The third-order valence-electron chi connectivity index (χ3n) is 9.53. The van der Waals surface area contributed by atoms with Crippen molar-refractivity contribution >= 4 is 0 Å². The van der Waals surface area contributed by atoms with E-state index in [0.717, 1.165) is 6.42 Å². The molecule has 0 spiro atoms. The average Bonchev–Trinajstić information content (AvgIpc) is 2.79. The summed E-state index contributed by atoms with van der Waals surface area (Å²) in [4.78, 5) is 0. The highest BCUT2D eigenvalue weighted by molar-refractivity contribution is 5.38. The summed E-state index contributed by atoms with van der Waals surface area (Å²) in [6, 6.07) is 0. The van der Waals surface area contributed by atoms with Gasteiger partial charge < -0.3 is 5.11 Å². The first-order chi connectivity index (χ1) is 10.7. The molecular formula is C22H36O. The van der Waals surface area contributed by atoms with Crippen molar-refractivity contribution in [2.75, 3.05) is 0 Å². The molecule has 4 rings (SSSR count). The van der Waals surface area contributed by atoms with Gasteiger partial charge in [-0.3, -0.25) is 0 Å². The second-order valence-corrected chi connectivity index (χ2v) is 10.6. The van der Waals surface area contributed by atoms with Gasteiger partial charge in [-0.1, -0.05) is 52.2 Å². The van der Waals surface area contributed by atoms with Crippen molar-refractivity contribution in [2.45, 2.75) is 98.5 Å². The van der Waals surface area contributed by atoms with Crippen LogP contribution < -0.4 is 0 Å². The lowest BCUT2D eigenvalue weighted by atomic mass is 9.44. The Morgan fingerprint density at radius 2 is 1.57 bits per heavy atom. The van der Waals surface area contributed by atoms with Crippen LogP contribution in [-0.2, 0) is 0 Å². The Kier molecular flexibility index (Phi) is 3.27. The Balaban J connectivity index is 1.82. The monoisotopic (exact) mass is 316 g/mol. The quantitative estimate of drug-likeness (QED) is 0.554. The maximum atomic E-state index is 10.6. The van der Waals surface area contributed by atoms with Gasteiger partial charge >= 0.3 is 0 Å². The molecule has 0 aromatic carbocycles. The SMILES string of the molecule is CC1(C)C2CCC3=C(CC[C@]4(C)CCC[C@@]34C)[C@@]2(C)CC[C@@H]1O. The summed E-state index contributed by atoms with van der Waals surface area (Å²) in [7, 11) is 0. The molecule has 2 saturated carbocycles. The number of rotatable bonds is 0. The van der Waals surface area contributed by atoms with E-state index in [1.165, 1.54) is 51.4 Å². The van der Waals surface area contributed by atoms with Crippen LogP contribution in [0.25, 0.3) is 0 Å². The van der Waals surface area contributed by atoms with Crippen molar-refractivity contribution in [3.8, 4) is 0 Å². The van der Waals surface area contributed by atoms with Crippen LogP contribution in [0.5, 0.6) is 0 Å². The molecular weight excluding hydrogens is 280 g/mol. The number of fused-ring (bicyclic) bond motifs is 4. The van der Waals surface area contributed by atoms with E-state index in [-0.39, 0.29) is 11.5 Å². The van der Waals surface area contributed by atoms with Crippen LogP contribution in [0, 0.1) is 27.6 Å². The van der Waals surface area contributed by atoms with Crippen molar-refractivity contribution in [1.29, 1.82) is 0 Å². The summed E-state index contributed by atoms with van der Waals surface area (Å²) in [5, 5.41) is 10.6. The molecule has 0 aromatic rings. The third kappa shape index (κ3) is 1.84. The Bertz CT molecular complexity index is 558. The number of allylic oxidation sites excluding steroid dienone is 2. The molecule has 0 amide bonds. The molecule has 0 heterocycles. The summed E-state index contributed by atoms with van der Waals surface area (Å²) >= 11 is 0. The van der Waals surface area contributed by atoms with E-state index in [1.54, 1.807) is 0 Å². The van der Waals surface area contributed by atoms with Crippen LogP contribution in [-0.4, -0.2) is 11.2 Å². The van der Waals surface area contributed by atoms with Gasteiger partial charge in [0.2, 0.25) is 0 Å². The Morgan fingerprint density at radius 3 is 2.30 bits per heavy atom. The van der Waals surface area contributed by atoms with Crippen molar-refractivity contribution in [3.63, 3.8) is 0 Å². The van der Waals surface area contributed by atoms with E-state index in [4.69, 9.17) is 0 Å². The molecule has 5 atom stereocenters. The molecule has 0 aromatic heterocycles. The number of hydrogen-bond donors (Lipinski definition) is 1. The van der Waals surface area contributed by atoms with E-state index >= 15 is 0 Å². The molecule has 0 bridgehead atoms. The van der Waals surface area contributed by atoms with Gasteiger partial charge in [0.05, 0.1) is 6.10 Å². The minimum absolute atomic E-state index is 0.0723. The second-order valence-electron chi connectivity index (χ2n) is 10.6. The van der Waals surface area contributed by atoms with Gasteiger partial charge in [0.1, 0.15) is 0 Å². The maximum absolute atomic E-state index is 10.6. The first-order valence-electron chi connectivity index (χ1n) is 10.1. The van der Waals surface area contributed by atoms with Gasteiger partial charge in [0.15, 0.2) is 0 Å². The average molecular weight is 317 g/mol. The summed E-state index contributed by atoms with van der Waals surface area (Å²) in [6.45, 7) is 12.4. The zero-order valence-corrected chi connectivity index (χ0v) is 16.0. The minimum atomic E-state index is -0.112. The van der Waals surface area contributed by atoms with Crippen molar-refractivity contribution < 1.29 is 5.11 Å². The zero-order chi connectivity index (χ0) is 16.7. The highest BCUT2D eigenvalue weighted by Crippen LogP contribution is 2.70. The highest BCUT2D eigenvalue weighted by Gasteiger charge is 2.60. The van der Waals surface area contributed by atoms with Crippen LogP contribution >= 0.6 is 0 Å². The fourth-order valence-electron chi connectivity index (χ4n) is 7.64. The van der Waals surface area contributed by atoms with Crippen molar-refractivity contribution in [1.82, 2.24) is 0 Å². The maximum Gasteiger partial charge on any atom is 0.0594 e. The fourth-order valence-corrected chi connectivity index (χ4v) is 7.64. The fraction of sp³-hybridized carbons (Fsp3) is 0.909. The van der Waals surface area contributed by atoms with Crippen LogP contribution in [0.2, 0.25) is 0 Å². The van der Waals surface area contributed by atoms with E-state index in [2.05, 4.69) is 34.6 Å². The molecule has 1 nitrogen and oxygen atoms in total. The second kappa shape index (κ2) is 4.65. The first kappa shape index (κ1) is 16.2. The smallest absolute Gasteiger partial charge is 0.0594 e. The van der Waals surface area contributed by atoms with Crippen LogP contribution in [0.4, 0.5) is 0 Å². The molecule has 2 fully saturated rings. The molecule has 0 radical (unpaired) electrons. The van der Waals surface area contributed by atoms with Gasteiger partial charge in [-0.05, 0) is 78.9 Å². The van der Waals surface area contributed by atoms with E-state index in [1.807, 2.05) is 11.1 Å². The summed E-state index contributed by atoms with van der Waals surface area (Å²) in [5.41, 5.74) is 5.16. The van der Waals surface area contributed by atoms with Crippen molar-refractivity contribution in [3.05, 3.63) is 11.1 Å². The van der Waals surface area contributed by atoms with Crippen LogP contribution in [0.3, 0.4) is 0 Å². The van der Waals surface area contributed by atoms with Crippen LogP contribution in [0.1, 0.15) is 92.4 Å². The zero-order valence-electron chi connectivity index (χ0n) is 16.0. The molecule has 4 aliphatic rings. The van der Waals surface area contributed by atoms with Gasteiger partial charge in [0.25, 0.3) is 0 Å². The predicted molar refractivity (Wildman–Crippen MR) is 96.2 cm³/mol. The lowest BCUT2D eigenvalue weighted by molar-refractivity contribution is -0.0946. The normalized spacial score (nSPS) is 51.9. The van der Waals surface area contributed by atoms with Crippen LogP contribution in [0.15, 0.2) is 11.1 Å². The summed E-state index contributed by atoms with van der Waals surface area (Å²) in [6.07, 6.45) is 11.7. The Hall–Kier alpha value is -0.300. The lowest BCUT2D eigenvalue weighted by Gasteiger charge is -2.61. The molecule has 130 valence electrons. The highest BCUT2D eigenvalue weighted by atomic mass is 16.3. The Morgan fingerprint density at radius 1 is 0.826 bits per heavy atom. The van der Waals surface area contributed by atoms with Gasteiger partial charge in [0, 0.05) is 0 Å². The van der Waals surface area contributed by atoms with E-state index < -0.39 is 0 Å². The largest absolute Gasteiger partial charge is 0.393 e. The predicted octanol–water partition coefficient (Wildman–Crippen LogP) is 5.87. The van der Waals surface area contributed by atoms with Crippen molar-refractivity contribution in [2.24, 2.45) is 27.6 Å². The number of aliphatic hydroxyl groups is 1. The minimum Gasteiger partial charge on any atom is -0.393 e. The molecule has 0 aliphatic heterocycles. The first-order valence-corrected chi connectivity index (χ1v) is 10.1. The van der Waals surface area contributed by atoms with Gasteiger partial charge in [-0.15, -0.1) is 0 Å². The molecule has 1 N–H and O–H groups in total. The topological polar surface area (TPSA) is 20.2 Å². The lowest BCUT2D eigenvalue weighted by Crippen LogP contribution is -2.54. The van der Waals surface area contributed by atoms with Gasteiger partial charge in [-0.25, -0.2) is 0 Å². The Labute approximate surface area is 142 Å². The molecule has 1 heteroatoms. The van der Waals surface area contributed by atoms with E-state index in [9.17, 15) is 5.11 Å².